The van der Waals surface area contributed by atoms with Gasteiger partial charge in [-0.2, -0.15) is 18.3 Å². The van der Waals surface area contributed by atoms with Gasteiger partial charge >= 0.3 is 6.18 Å². The van der Waals surface area contributed by atoms with Gasteiger partial charge in [-0.15, -0.1) is 0 Å². The lowest BCUT2D eigenvalue weighted by atomic mass is 10.1. The number of alkyl halides is 3. The Bertz CT molecular complexity index is 1450. The minimum Gasteiger partial charge on any atom is -0.397 e. The van der Waals surface area contributed by atoms with Gasteiger partial charge in [0.25, 0.3) is 5.91 Å². The van der Waals surface area contributed by atoms with E-state index in [0.29, 0.717) is 28.3 Å². The lowest BCUT2D eigenvalue weighted by Gasteiger charge is -2.19. The van der Waals surface area contributed by atoms with Crippen LogP contribution in [0.25, 0.3) is 11.4 Å². The van der Waals surface area contributed by atoms with E-state index < -0.39 is 18.0 Å². The first kappa shape index (κ1) is 29.0. The Labute approximate surface area is 224 Å². The number of hydrogen-bond donors (Lipinski definition) is 3. The van der Waals surface area contributed by atoms with Crippen LogP contribution in [0.2, 0.25) is 0 Å². The van der Waals surface area contributed by atoms with Crippen molar-refractivity contribution in [2.75, 3.05) is 5.01 Å². The molecule has 1 amide bonds. The molecule has 0 saturated heterocycles. The van der Waals surface area contributed by atoms with Crippen LogP contribution >= 0.6 is 0 Å². The van der Waals surface area contributed by atoms with Gasteiger partial charge in [-0.05, 0) is 49.8 Å². The number of nitrogens with two attached hydrogens (primary N) is 2. The van der Waals surface area contributed by atoms with Crippen molar-refractivity contribution in [2.45, 2.75) is 26.9 Å². The Morgan fingerprint density at radius 2 is 1.95 bits per heavy atom. The molecule has 2 heterocycles. The number of hydrogen-bond acceptors (Lipinski definition) is 6. The number of nitrogens with zero attached hydrogens (tertiary/aromatic N) is 5. The lowest BCUT2D eigenvalue weighted by molar-refractivity contribution is -0.156. The van der Waals surface area contributed by atoms with Crippen LogP contribution in [0.3, 0.4) is 0 Å². The van der Waals surface area contributed by atoms with Crippen molar-refractivity contribution in [1.82, 2.24) is 24.6 Å². The zero-order valence-corrected chi connectivity index (χ0v) is 22.1. The number of rotatable bonds is 9. The first-order valence-electron chi connectivity index (χ1n) is 11.8. The first-order valence-corrected chi connectivity index (χ1v) is 11.8. The van der Waals surface area contributed by atoms with Crippen molar-refractivity contribution in [3.63, 3.8) is 0 Å². The maximum absolute atomic E-state index is 13.4. The molecule has 39 heavy (non-hydrogen) atoms. The average Bonchev–Trinajstić information content (AvgIpc) is 3.50. The standard InChI is InChI=1S/C27H31F3N8O/c1-6-23(37-13-19(4)33-16-37)11-22(9-18(3)27(28,29)30)35-26(39)20-8-7-17(2)25(10-20)38(32)15-24(31)21-12-34-36(5)14-21/h6-16,18H,1,31-32H2,2-5H3,(H,35,39)/b22-9+,23-11+,24-15-. The number of aryl methyl sites for hydroxylation is 3. The average molecular weight is 541 g/mol. The lowest BCUT2D eigenvalue weighted by Crippen LogP contribution is -2.28. The molecule has 0 aliphatic carbocycles. The van der Waals surface area contributed by atoms with Crippen molar-refractivity contribution < 1.29 is 18.0 Å². The quantitative estimate of drug-likeness (QED) is 0.210. The fourth-order valence-corrected chi connectivity index (χ4v) is 3.55. The van der Waals surface area contributed by atoms with E-state index in [9.17, 15) is 18.0 Å². The smallest absolute Gasteiger partial charge is 0.394 e. The van der Waals surface area contributed by atoms with E-state index in [0.717, 1.165) is 18.6 Å². The molecule has 0 bridgehead atoms. The van der Waals surface area contributed by atoms with Crippen LogP contribution in [0, 0.1) is 19.8 Å². The van der Waals surface area contributed by atoms with Gasteiger partial charge in [0, 0.05) is 48.2 Å². The number of carbonyl (C=O) groups is 1. The van der Waals surface area contributed by atoms with Gasteiger partial charge in [0.15, 0.2) is 0 Å². The molecule has 0 aliphatic heterocycles. The predicted octanol–water partition coefficient (Wildman–Crippen LogP) is 4.41. The molecule has 3 rings (SSSR count). The highest BCUT2D eigenvalue weighted by molar-refractivity contribution is 5.97. The number of anilines is 1. The molecule has 5 N–H and O–H groups in total. The Balaban J connectivity index is 1.94. The molecular weight excluding hydrogens is 509 g/mol. The summed E-state index contributed by atoms with van der Waals surface area (Å²) in [5.74, 6) is 3.77. The maximum Gasteiger partial charge on any atom is 0.394 e. The van der Waals surface area contributed by atoms with Crippen molar-refractivity contribution in [1.29, 1.82) is 0 Å². The van der Waals surface area contributed by atoms with Gasteiger partial charge in [-0.25, -0.2) is 10.8 Å². The second-order valence-electron chi connectivity index (χ2n) is 9.00. The number of carbonyl (C=O) groups excluding carboxylic acids is 1. The summed E-state index contributed by atoms with van der Waals surface area (Å²) in [6, 6.07) is 4.76. The van der Waals surface area contributed by atoms with E-state index in [2.05, 4.69) is 22.0 Å². The number of hydrazine groups is 1. The van der Waals surface area contributed by atoms with E-state index in [-0.39, 0.29) is 11.3 Å². The van der Waals surface area contributed by atoms with Gasteiger partial charge in [-0.3, -0.25) is 14.5 Å². The van der Waals surface area contributed by atoms with Crippen molar-refractivity contribution >= 4 is 23.0 Å². The van der Waals surface area contributed by atoms with Crippen LogP contribution in [0.5, 0.6) is 0 Å². The third-order valence-corrected chi connectivity index (χ3v) is 5.79. The second-order valence-corrected chi connectivity index (χ2v) is 9.00. The van der Waals surface area contributed by atoms with Crippen molar-refractivity contribution in [2.24, 2.45) is 24.5 Å². The Morgan fingerprint density at radius 3 is 2.51 bits per heavy atom. The Morgan fingerprint density at radius 1 is 1.23 bits per heavy atom. The van der Waals surface area contributed by atoms with E-state index in [1.54, 1.807) is 60.9 Å². The number of benzene rings is 1. The van der Waals surface area contributed by atoms with Gasteiger partial charge < -0.3 is 15.6 Å². The van der Waals surface area contributed by atoms with E-state index in [1.807, 2.05) is 0 Å². The molecule has 0 spiro atoms. The number of aromatic nitrogens is 4. The minimum atomic E-state index is -4.50. The topological polar surface area (TPSA) is 120 Å². The number of halogens is 3. The summed E-state index contributed by atoms with van der Waals surface area (Å²) in [5.41, 5.74) is 9.61. The normalized spacial score (nSPS) is 13.8. The molecule has 1 aromatic carbocycles. The summed E-state index contributed by atoms with van der Waals surface area (Å²) in [7, 11) is 1.76. The third kappa shape index (κ3) is 7.48. The summed E-state index contributed by atoms with van der Waals surface area (Å²) in [5, 5.41) is 7.93. The van der Waals surface area contributed by atoms with Crippen LogP contribution in [0.1, 0.15) is 34.1 Å². The van der Waals surface area contributed by atoms with E-state index >= 15 is 0 Å². The molecule has 1 unspecified atom stereocenters. The fraction of sp³-hybridized carbons (Fsp3) is 0.222. The highest BCUT2D eigenvalue weighted by Crippen LogP contribution is 2.28. The van der Waals surface area contributed by atoms with Crippen molar-refractivity contribution in [3.8, 4) is 0 Å². The third-order valence-electron chi connectivity index (χ3n) is 5.79. The van der Waals surface area contributed by atoms with Crippen LogP contribution in [-0.2, 0) is 7.05 Å². The van der Waals surface area contributed by atoms with Crippen LogP contribution < -0.4 is 21.9 Å². The zero-order chi connectivity index (χ0) is 28.9. The van der Waals surface area contributed by atoms with Gasteiger partial charge in [0.05, 0.1) is 35.5 Å². The van der Waals surface area contributed by atoms with E-state index in [1.165, 1.54) is 35.8 Å². The zero-order valence-electron chi connectivity index (χ0n) is 22.1. The van der Waals surface area contributed by atoms with Crippen LogP contribution in [-0.4, -0.2) is 31.4 Å². The number of imidazole rings is 1. The molecule has 0 saturated carbocycles. The molecule has 3 aromatic rings. The molecule has 12 heteroatoms. The summed E-state index contributed by atoms with van der Waals surface area (Å²) in [6.45, 7) is 8.31. The Kier molecular flexibility index (Phi) is 8.81. The molecule has 0 aliphatic rings. The fourth-order valence-electron chi connectivity index (χ4n) is 3.55. The monoisotopic (exact) mass is 540 g/mol. The molecule has 0 radical (unpaired) electrons. The number of nitrogens with one attached hydrogen (secondary N) is 1. The summed E-state index contributed by atoms with van der Waals surface area (Å²) < 4.78 is 43.3. The largest absolute Gasteiger partial charge is 0.397 e. The molecule has 206 valence electrons. The molecule has 9 nitrogen and oxygen atoms in total. The van der Waals surface area contributed by atoms with Gasteiger partial charge in [-0.1, -0.05) is 19.6 Å². The van der Waals surface area contributed by atoms with Crippen molar-refractivity contribution in [3.05, 3.63) is 102 Å². The SMILES string of the molecule is C=C/C(=C\C(=C/C(C)C(F)(F)F)NC(=O)c1ccc(C)c(N(N)/C=C(\N)c2cnn(C)c2)c1)n1cnc(C)c1. The summed E-state index contributed by atoms with van der Waals surface area (Å²) >= 11 is 0. The Hall–Kier alpha value is -4.58. The molecule has 0 fully saturated rings. The first-order chi connectivity index (χ1) is 18.3. The predicted molar refractivity (Wildman–Crippen MR) is 145 cm³/mol. The van der Waals surface area contributed by atoms with Crippen LogP contribution in [0.15, 0.2) is 79.8 Å². The van der Waals surface area contributed by atoms with Gasteiger partial charge in [0.1, 0.15) is 0 Å². The highest BCUT2D eigenvalue weighted by atomic mass is 19.4. The van der Waals surface area contributed by atoms with Gasteiger partial charge in [0.2, 0.25) is 0 Å². The molecule has 2 aromatic heterocycles. The van der Waals surface area contributed by atoms with Crippen LogP contribution in [0.4, 0.5) is 18.9 Å². The second kappa shape index (κ2) is 11.9. The molecule has 1 atom stereocenters. The summed E-state index contributed by atoms with van der Waals surface area (Å²) in [6.07, 6.45) is 7.28. The number of amides is 1. The molecular formula is C27H31F3N8O. The minimum absolute atomic E-state index is 0.0569. The maximum atomic E-state index is 13.4. The highest BCUT2D eigenvalue weighted by Gasteiger charge is 2.34. The number of allylic oxidation sites excluding steroid dienone is 4. The summed E-state index contributed by atoms with van der Waals surface area (Å²) in [4.78, 5) is 17.3. The van der Waals surface area contributed by atoms with E-state index in [4.69, 9.17) is 11.6 Å².